The Morgan fingerprint density at radius 2 is 1.60 bits per heavy atom. The third-order valence-corrected chi connectivity index (χ3v) is 6.72. The molecule has 3 rings (SSSR count). The average molecular weight is 432 g/mol. The van der Waals surface area contributed by atoms with Crippen LogP contribution in [0.25, 0.3) is 0 Å². The molecule has 0 atom stereocenters. The van der Waals surface area contributed by atoms with Crippen molar-refractivity contribution in [2.45, 2.75) is 11.8 Å². The number of piperazine rings is 1. The Morgan fingerprint density at radius 1 is 0.967 bits per heavy atom. The van der Waals surface area contributed by atoms with E-state index >= 15 is 0 Å². The Balaban J connectivity index is 1.48. The molecule has 160 valence electrons. The van der Waals surface area contributed by atoms with Gasteiger partial charge in [-0.2, -0.15) is 4.31 Å². The molecule has 0 unspecified atom stereocenters. The number of benzene rings is 2. The average Bonchev–Trinajstić information content (AvgIpc) is 2.74. The molecule has 8 nitrogen and oxygen atoms in total. The molecule has 0 radical (unpaired) electrons. The van der Waals surface area contributed by atoms with Crippen molar-refractivity contribution in [3.8, 4) is 5.75 Å². The summed E-state index contributed by atoms with van der Waals surface area (Å²) < 4.78 is 31.9. The van der Waals surface area contributed by atoms with Gasteiger partial charge in [-0.3, -0.25) is 14.5 Å². The Hall–Kier alpha value is -2.75. The maximum Gasteiger partial charge on any atom is 0.308 e. The van der Waals surface area contributed by atoms with Crippen LogP contribution in [0.1, 0.15) is 17.3 Å². The number of rotatable bonds is 7. The van der Waals surface area contributed by atoms with Crippen molar-refractivity contribution in [3.05, 3.63) is 60.2 Å². The van der Waals surface area contributed by atoms with Crippen LogP contribution < -0.4 is 10.1 Å². The van der Waals surface area contributed by atoms with Gasteiger partial charge in [0.05, 0.1) is 10.5 Å². The fraction of sp³-hybridized carbons (Fsp3) is 0.333. The standard InChI is InChI=1S/C21H25N3O5S/c1-17(25)29-20-10-6-5-9-19(20)21(26)22-11-12-23-13-15-24(16-14-23)30(27,28)18-7-3-2-4-8-18/h2-10H,11-16H2,1H3,(H,22,26). The highest BCUT2D eigenvalue weighted by Crippen LogP contribution is 2.18. The predicted octanol–water partition coefficient (Wildman–Crippen LogP) is 1.35. The Kier molecular flexibility index (Phi) is 7.20. The third kappa shape index (κ3) is 5.44. The van der Waals surface area contributed by atoms with E-state index in [0.29, 0.717) is 49.7 Å². The second-order valence-electron chi connectivity index (χ2n) is 6.90. The smallest absolute Gasteiger partial charge is 0.308 e. The van der Waals surface area contributed by atoms with Crippen LogP contribution in [0.5, 0.6) is 5.75 Å². The summed E-state index contributed by atoms with van der Waals surface area (Å²) >= 11 is 0. The van der Waals surface area contributed by atoms with Gasteiger partial charge in [-0.1, -0.05) is 30.3 Å². The summed E-state index contributed by atoms with van der Waals surface area (Å²) in [5, 5.41) is 2.82. The summed E-state index contributed by atoms with van der Waals surface area (Å²) in [6.45, 7) is 4.27. The summed E-state index contributed by atoms with van der Waals surface area (Å²) in [6, 6.07) is 15.0. The Labute approximate surface area is 176 Å². The molecule has 0 spiro atoms. The van der Waals surface area contributed by atoms with Gasteiger partial charge < -0.3 is 10.1 Å². The summed E-state index contributed by atoms with van der Waals surface area (Å²) in [6.07, 6.45) is 0. The fourth-order valence-electron chi connectivity index (χ4n) is 3.26. The monoisotopic (exact) mass is 431 g/mol. The maximum absolute atomic E-state index is 12.7. The van der Waals surface area contributed by atoms with E-state index in [1.807, 2.05) is 0 Å². The van der Waals surface area contributed by atoms with E-state index in [9.17, 15) is 18.0 Å². The van der Waals surface area contributed by atoms with Gasteiger partial charge in [-0.15, -0.1) is 0 Å². The number of esters is 1. The van der Waals surface area contributed by atoms with Crippen LogP contribution in [-0.2, 0) is 14.8 Å². The molecule has 1 amide bonds. The molecule has 1 heterocycles. The fourth-order valence-corrected chi connectivity index (χ4v) is 4.70. The number of hydrogen-bond acceptors (Lipinski definition) is 6. The van der Waals surface area contributed by atoms with Crippen molar-refractivity contribution in [1.29, 1.82) is 0 Å². The number of amides is 1. The van der Waals surface area contributed by atoms with Gasteiger partial charge in [-0.25, -0.2) is 8.42 Å². The topological polar surface area (TPSA) is 96.0 Å². The first-order chi connectivity index (χ1) is 14.4. The third-order valence-electron chi connectivity index (χ3n) is 4.81. The van der Waals surface area contributed by atoms with Crippen LogP contribution in [0, 0.1) is 0 Å². The number of sulfonamides is 1. The lowest BCUT2D eigenvalue weighted by Crippen LogP contribution is -2.50. The molecule has 1 aliphatic rings. The van der Waals surface area contributed by atoms with E-state index in [4.69, 9.17) is 4.74 Å². The molecule has 2 aromatic carbocycles. The molecule has 30 heavy (non-hydrogen) atoms. The highest BCUT2D eigenvalue weighted by molar-refractivity contribution is 7.89. The summed E-state index contributed by atoms with van der Waals surface area (Å²) in [4.78, 5) is 26.0. The van der Waals surface area contributed by atoms with E-state index in [2.05, 4.69) is 10.2 Å². The predicted molar refractivity (Wildman–Crippen MR) is 112 cm³/mol. The van der Waals surface area contributed by atoms with Crippen LogP contribution in [0.4, 0.5) is 0 Å². The largest absolute Gasteiger partial charge is 0.426 e. The zero-order valence-corrected chi connectivity index (χ0v) is 17.6. The molecular weight excluding hydrogens is 406 g/mol. The Bertz CT molecular complexity index is 987. The molecule has 1 fully saturated rings. The SMILES string of the molecule is CC(=O)Oc1ccccc1C(=O)NCCN1CCN(S(=O)(=O)c2ccccc2)CC1. The van der Waals surface area contributed by atoms with Crippen molar-refractivity contribution in [1.82, 2.24) is 14.5 Å². The van der Waals surface area contributed by atoms with Crippen LogP contribution in [0.15, 0.2) is 59.5 Å². The van der Waals surface area contributed by atoms with Gasteiger partial charge >= 0.3 is 5.97 Å². The second-order valence-corrected chi connectivity index (χ2v) is 8.84. The number of carbonyl (C=O) groups is 2. The number of nitrogens with zero attached hydrogens (tertiary/aromatic N) is 2. The molecule has 9 heteroatoms. The van der Waals surface area contributed by atoms with Crippen molar-refractivity contribution >= 4 is 21.9 Å². The number of para-hydroxylation sites is 1. The second kappa shape index (κ2) is 9.84. The number of hydrogen-bond donors (Lipinski definition) is 1. The zero-order chi connectivity index (χ0) is 21.6. The lowest BCUT2D eigenvalue weighted by Gasteiger charge is -2.33. The first-order valence-corrected chi connectivity index (χ1v) is 11.1. The summed E-state index contributed by atoms with van der Waals surface area (Å²) in [7, 11) is -3.47. The maximum atomic E-state index is 12.7. The van der Waals surface area contributed by atoms with Crippen LogP contribution in [0.2, 0.25) is 0 Å². The Morgan fingerprint density at radius 3 is 2.27 bits per heavy atom. The van der Waals surface area contributed by atoms with Crippen molar-refractivity contribution < 1.29 is 22.7 Å². The molecule has 0 bridgehead atoms. The van der Waals surface area contributed by atoms with E-state index in [0.717, 1.165) is 0 Å². The number of ether oxygens (including phenoxy) is 1. The first kappa shape index (κ1) is 21.9. The van der Waals surface area contributed by atoms with Gasteiger partial charge in [0.15, 0.2) is 0 Å². The molecule has 0 aromatic heterocycles. The number of nitrogens with one attached hydrogen (secondary N) is 1. The minimum atomic E-state index is -3.47. The lowest BCUT2D eigenvalue weighted by molar-refractivity contribution is -0.131. The van der Waals surface area contributed by atoms with Gasteiger partial charge in [-0.05, 0) is 24.3 Å². The molecule has 0 saturated carbocycles. The summed E-state index contributed by atoms with van der Waals surface area (Å²) in [5.41, 5.74) is 0.298. The van der Waals surface area contributed by atoms with E-state index in [1.54, 1.807) is 54.6 Å². The van der Waals surface area contributed by atoms with Crippen LogP contribution in [0.3, 0.4) is 0 Å². The minimum Gasteiger partial charge on any atom is -0.426 e. The highest BCUT2D eigenvalue weighted by Gasteiger charge is 2.28. The van der Waals surface area contributed by atoms with Crippen LogP contribution >= 0.6 is 0 Å². The van der Waals surface area contributed by atoms with E-state index < -0.39 is 16.0 Å². The molecular formula is C21H25N3O5S. The van der Waals surface area contributed by atoms with Crippen molar-refractivity contribution in [3.63, 3.8) is 0 Å². The first-order valence-electron chi connectivity index (χ1n) is 9.71. The van der Waals surface area contributed by atoms with E-state index in [1.165, 1.54) is 11.2 Å². The van der Waals surface area contributed by atoms with Crippen molar-refractivity contribution in [2.24, 2.45) is 0 Å². The minimum absolute atomic E-state index is 0.224. The molecule has 1 aliphatic heterocycles. The molecule has 1 saturated heterocycles. The zero-order valence-electron chi connectivity index (χ0n) is 16.8. The lowest BCUT2D eigenvalue weighted by atomic mass is 10.2. The van der Waals surface area contributed by atoms with Crippen molar-refractivity contribution in [2.75, 3.05) is 39.3 Å². The summed E-state index contributed by atoms with van der Waals surface area (Å²) in [5.74, 6) is -0.585. The van der Waals surface area contributed by atoms with E-state index in [-0.39, 0.29) is 11.7 Å². The molecule has 0 aliphatic carbocycles. The van der Waals surface area contributed by atoms with Crippen LogP contribution in [-0.4, -0.2) is 68.8 Å². The normalized spacial score (nSPS) is 15.5. The quantitative estimate of drug-likeness (QED) is 0.525. The highest BCUT2D eigenvalue weighted by atomic mass is 32.2. The van der Waals surface area contributed by atoms with Gasteiger partial charge in [0.25, 0.3) is 5.91 Å². The van der Waals surface area contributed by atoms with Gasteiger partial charge in [0.1, 0.15) is 5.75 Å². The molecule has 2 aromatic rings. The van der Waals surface area contributed by atoms with Gasteiger partial charge in [0.2, 0.25) is 10.0 Å². The number of carbonyl (C=O) groups excluding carboxylic acids is 2. The van der Waals surface area contributed by atoms with Gasteiger partial charge in [0, 0.05) is 46.2 Å². The molecule has 1 N–H and O–H groups in total.